The summed E-state index contributed by atoms with van der Waals surface area (Å²) >= 11 is 4.69. The van der Waals surface area contributed by atoms with E-state index in [1.807, 2.05) is 155 Å². The molecule has 3 amide bonds. The van der Waals surface area contributed by atoms with Gasteiger partial charge in [-0.3, -0.25) is 9.59 Å². The second-order valence-electron chi connectivity index (χ2n) is 21.7. The molecule has 7 rings (SSSR count). The first kappa shape index (κ1) is 69.6. The minimum absolute atomic E-state index is 0.132. The highest BCUT2D eigenvalue weighted by atomic mass is 32.2. The highest BCUT2D eigenvalue weighted by Crippen LogP contribution is 2.48. The van der Waals surface area contributed by atoms with E-state index in [-0.39, 0.29) is 17.6 Å². The number of hydrogen-bond donors (Lipinski definition) is 6. The van der Waals surface area contributed by atoms with Gasteiger partial charge in [0, 0.05) is 28.3 Å². The van der Waals surface area contributed by atoms with Gasteiger partial charge < -0.3 is 46.7 Å². The Hall–Kier alpha value is -8.19. The van der Waals surface area contributed by atoms with Crippen LogP contribution in [0.5, 0.6) is 0 Å². The first-order chi connectivity index (χ1) is 41.4. The van der Waals surface area contributed by atoms with Gasteiger partial charge in [-0.2, -0.15) is 23.5 Å². The number of nitrogen functional groups attached to an aromatic ring is 2. The molecule has 0 radical (unpaired) electrons. The average molecular weight is 1240 g/mol. The van der Waals surface area contributed by atoms with E-state index in [0.29, 0.717) is 35.3 Å². The summed E-state index contributed by atoms with van der Waals surface area (Å²) in [5.74, 6) is -1.02. The van der Waals surface area contributed by atoms with Gasteiger partial charge in [-0.1, -0.05) is 150 Å². The number of nitrogens with two attached hydrogens (primary N) is 2. The molecular formula is C69H81N5O10S3. The Bertz CT molecular complexity index is 3160. The number of amides is 3. The number of carboxylic acids is 1. The molecule has 87 heavy (non-hydrogen) atoms. The van der Waals surface area contributed by atoms with Crippen LogP contribution in [0.3, 0.4) is 0 Å². The monoisotopic (exact) mass is 1240 g/mol. The number of carboxylic acid groups (broad SMARTS) is 1. The molecule has 0 spiro atoms. The first-order valence-electron chi connectivity index (χ1n) is 28.2. The molecule has 15 nitrogen and oxygen atoms in total. The molecule has 7 aromatic rings. The fraction of sp³-hybridized carbons (Fsp3) is 0.304. The Morgan fingerprint density at radius 2 is 0.862 bits per heavy atom. The Balaban J connectivity index is 0.000000240. The quantitative estimate of drug-likeness (QED) is 0.0160. The van der Waals surface area contributed by atoms with Crippen LogP contribution in [0.15, 0.2) is 164 Å². The highest BCUT2D eigenvalue weighted by Gasteiger charge is 2.39. The second kappa shape index (κ2) is 33.6. The van der Waals surface area contributed by atoms with Crippen molar-refractivity contribution < 1.29 is 48.1 Å². The predicted molar refractivity (Wildman–Crippen MR) is 357 cm³/mol. The lowest BCUT2D eigenvalue weighted by Gasteiger charge is -2.36. The number of carbonyl (C=O) groups excluding carboxylic acids is 5. The van der Waals surface area contributed by atoms with Gasteiger partial charge >= 0.3 is 24.0 Å². The fourth-order valence-corrected chi connectivity index (χ4v) is 12.1. The molecule has 0 fully saturated rings. The van der Waals surface area contributed by atoms with E-state index >= 15 is 0 Å². The lowest BCUT2D eigenvalue weighted by molar-refractivity contribution is -0.143. The summed E-state index contributed by atoms with van der Waals surface area (Å²) in [5.41, 5.74) is 24.1. The van der Waals surface area contributed by atoms with E-state index in [4.69, 9.17) is 25.7 Å². The standard InChI is InChI=1S/C27H29NO4S.2C21H26N2O3S/c1-26(2,3)32-25(31)28-23(24(29)30)19-33-27(20-13-7-4-8-14-20,21-15-9-5-10-16-21)22-17-11-6-12-18-22;2*1-13-9-14(2)11-15(10-13)18-12-16(22)5-6-17(18)20(24)23-19(7-8-27-4)21(25)26-3/h4-18,23H,19H2,1-3H3,(H,28,31)(H,29,30);2*5-6,9-12,19H,7-8,22H2,1-4H3,(H,23,24)/t23-;2*19-/m000/s1. The zero-order valence-corrected chi connectivity index (χ0v) is 53.8. The predicted octanol–water partition coefficient (Wildman–Crippen LogP) is 12.8. The van der Waals surface area contributed by atoms with Crippen LogP contribution in [0, 0.1) is 27.7 Å². The van der Waals surface area contributed by atoms with Gasteiger partial charge in [-0.15, -0.1) is 11.8 Å². The molecule has 0 aliphatic rings. The number of rotatable bonds is 22. The van der Waals surface area contributed by atoms with E-state index in [2.05, 4.69) is 28.1 Å². The molecule has 8 N–H and O–H groups in total. The molecule has 0 aliphatic carbocycles. The number of nitrogens with one attached hydrogen (secondary N) is 3. The molecule has 7 aromatic carbocycles. The number of esters is 2. The normalized spacial score (nSPS) is 12.0. The number of aliphatic carboxylic acids is 1. The third-order valence-electron chi connectivity index (χ3n) is 13.4. The highest BCUT2D eigenvalue weighted by molar-refractivity contribution is 8.00. The number of benzene rings is 7. The zero-order chi connectivity index (χ0) is 63.8. The van der Waals surface area contributed by atoms with Crippen LogP contribution in [-0.2, 0) is 33.3 Å². The van der Waals surface area contributed by atoms with Crippen molar-refractivity contribution in [3.8, 4) is 22.3 Å². The van der Waals surface area contributed by atoms with Crippen LogP contribution >= 0.6 is 35.3 Å². The van der Waals surface area contributed by atoms with Crippen LogP contribution in [0.4, 0.5) is 16.2 Å². The van der Waals surface area contributed by atoms with Crippen LogP contribution in [-0.4, -0.2) is 109 Å². The Morgan fingerprint density at radius 3 is 1.17 bits per heavy atom. The summed E-state index contributed by atoms with van der Waals surface area (Å²) in [6.45, 7) is 13.3. The van der Waals surface area contributed by atoms with Crippen molar-refractivity contribution in [3.05, 3.63) is 214 Å². The minimum atomic E-state index is -1.12. The van der Waals surface area contributed by atoms with E-state index in [1.165, 1.54) is 26.0 Å². The van der Waals surface area contributed by atoms with E-state index in [0.717, 1.165) is 72.7 Å². The molecule has 3 atom stereocenters. The summed E-state index contributed by atoms with van der Waals surface area (Å²) in [6, 6.07) is 50.1. The van der Waals surface area contributed by atoms with Crippen molar-refractivity contribution in [2.45, 2.75) is 89.8 Å². The summed E-state index contributed by atoms with van der Waals surface area (Å²) in [6.07, 6.45) is 4.17. The van der Waals surface area contributed by atoms with Gasteiger partial charge in [0.15, 0.2) is 0 Å². The van der Waals surface area contributed by atoms with Gasteiger partial charge in [-0.05, 0) is 161 Å². The topological polar surface area (TPSA) is 238 Å². The molecule has 460 valence electrons. The maximum atomic E-state index is 12.9. The number of alkyl carbamates (subject to hydrolysis) is 1. The summed E-state index contributed by atoms with van der Waals surface area (Å²) in [7, 11) is 2.65. The lowest BCUT2D eigenvalue weighted by Crippen LogP contribution is -2.45. The number of hydrogen-bond acceptors (Lipinski definition) is 14. The van der Waals surface area contributed by atoms with Gasteiger partial charge in [-0.25, -0.2) is 19.2 Å². The van der Waals surface area contributed by atoms with Crippen molar-refractivity contribution >= 4 is 82.5 Å². The zero-order valence-electron chi connectivity index (χ0n) is 51.4. The molecule has 0 aromatic heterocycles. The summed E-state index contributed by atoms with van der Waals surface area (Å²) in [5, 5.41) is 18.0. The number of thioether (sulfide) groups is 3. The smallest absolute Gasteiger partial charge is 0.408 e. The molecule has 18 heteroatoms. The fourth-order valence-electron chi connectivity index (χ4n) is 9.58. The molecule has 0 aliphatic heterocycles. The minimum Gasteiger partial charge on any atom is -0.480 e. The van der Waals surface area contributed by atoms with Crippen LogP contribution in [0.25, 0.3) is 22.3 Å². The maximum absolute atomic E-state index is 12.9. The Morgan fingerprint density at radius 1 is 0.506 bits per heavy atom. The molecule has 0 saturated heterocycles. The van der Waals surface area contributed by atoms with E-state index in [1.54, 1.807) is 80.7 Å². The SMILES string of the molecule is CC(C)(C)OC(=O)N[C@@H](CSC(c1ccccc1)(c1ccccc1)c1ccccc1)C(=O)O.COC(=O)[C@H](CCSC)NC(=O)c1ccc(N)cc1-c1cc(C)cc(C)c1.COC(=O)[C@H](CCSC)NC(=O)c1ccc(N)cc1-c1cc(C)cc(C)c1. The Kier molecular flexibility index (Phi) is 26.9. The third-order valence-corrected chi connectivity index (χ3v) is 16.4. The van der Waals surface area contributed by atoms with Crippen molar-refractivity contribution in [3.63, 3.8) is 0 Å². The van der Waals surface area contributed by atoms with Gasteiger partial charge in [0.1, 0.15) is 23.7 Å². The molecule has 0 unspecified atom stereocenters. The Labute approximate surface area is 524 Å². The largest absolute Gasteiger partial charge is 0.480 e. The third kappa shape index (κ3) is 20.7. The first-order valence-corrected chi connectivity index (χ1v) is 31.9. The lowest BCUT2D eigenvalue weighted by atomic mass is 9.84. The maximum Gasteiger partial charge on any atom is 0.408 e. The van der Waals surface area contributed by atoms with Gasteiger partial charge in [0.05, 0.1) is 19.0 Å². The molecule has 0 bridgehead atoms. The van der Waals surface area contributed by atoms with Crippen LogP contribution < -0.4 is 27.4 Å². The number of carbonyl (C=O) groups is 6. The molecule has 0 saturated carbocycles. The number of ether oxygens (including phenoxy) is 3. The van der Waals surface area contributed by atoms with Crippen molar-refractivity contribution in [1.29, 1.82) is 0 Å². The second-order valence-corrected chi connectivity index (χ2v) is 24.9. The average Bonchev–Trinajstić information content (AvgIpc) is 1.30. The van der Waals surface area contributed by atoms with Gasteiger partial charge in [0.25, 0.3) is 11.8 Å². The van der Waals surface area contributed by atoms with Gasteiger partial charge in [0.2, 0.25) is 0 Å². The molecular weight excluding hydrogens is 1150 g/mol. The number of methoxy groups -OCH3 is 2. The molecule has 0 heterocycles. The number of anilines is 2. The number of aryl methyl sites for hydroxylation is 4. The van der Waals surface area contributed by atoms with Crippen LogP contribution in [0.1, 0.15) is 93.3 Å². The van der Waals surface area contributed by atoms with Crippen molar-refractivity contribution in [2.75, 3.05) is 55.5 Å². The van der Waals surface area contributed by atoms with Crippen LogP contribution in [0.2, 0.25) is 0 Å². The summed E-state index contributed by atoms with van der Waals surface area (Å²) < 4.78 is 14.3. The van der Waals surface area contributed by atoms with Crippen molar-refractivity contribution in [2.24, 2.45) is 0 Å². The van der Waals surface area contributed by atoms with E-state index in [9.17, 15) is 33.9 Å². The van der Waals surface area contributed by atoms with E-state index < -0.39 is 52.5 Å². The van der Waals surface area contributed by atoms with Crippen molar-refractivity contribution in [1.82, 2.24) is 16.0 Å². The summed E-state index contributed by atoms with van der Waals surface area (Å²) in [4.78, 5) is 74.3.